The highest BCUT2D eigenvalue weighted by atomic mass is 32.1. The summed E-state index contributed by atoms with van der Waals surface area (Å²) < 4.78 is 0. The highest BCUT2D eigenvalue weighted by molar-refractivity contribution is 7.09. The summed E-state index contributed by atoms with van der Waals surface area (Å²) in [6.07, 6.45) is 0.959. The Morgan fingerprint density at radius 1 is 1.18 bits per heavy atom. The molecule has 0 aliphatic heterocycles. The van der Waals surface area contributed by atoms with Crippen molar-refractivity contribution in [1.82, 2.24) is 4.98 Å². The molecule has 1 atom stereocenters. The number of hydrogen-bond donors (Lipinski definition) is 1. The SMILES string of the molecule is [C-]#[N+]c1ccc(C(O)c2cncs2)cc1-c1ccccc1C. The second-order valence-electron chi connectivity index (χ2n) is 5.01. The zero-order valence-corrected chi connectivity index (χ0v) is 12.8. The quantitative estimate of drug-likeness (QED) is 0.709. The number of rotatable bonds is 3. The van der Waals surface area contributed by atoms with Gasteiger partial charge in [0.2, 0.25) is 0 Å². The van der Waals surface area contributed by atoms with Gasteiger partial charge >= 0.3 is 0 Å². The van der Waals surface area contributed by atoms with Crippen molar-refractivity contribution >= 4 is 17.0 Å². The lowest BCUT2D eigenvalue weighted by Crippen LogP contribution is -1.97. The van der Waals surface area contributed by atoms with Crippen molar-refractivity contribution in [1.29, 1.82) is 0 Å². The average Bonchev–Trinajstić information content (AvgIpc) is 3.08. The molecule has 3 nitrogen and oxygen atoms in total. The fourth-order valence-corrected chi connectivity index (χ4v) is 3.07. The number of nitrogens with zero attached hydrogens (tertiary/aromatic N) is 2. The Bertz CT molecular complexity index is 835. The van der Waals surface area contributed by atoms with E-state index >= 15 is 0 Å². The van der Waals surface area contributed by atoms with Crippen LogP contribution in [0.25, 0.3) is 16.0 Å². The Balaban J connectivity index is 2.12. The maximum absolute atomic E-state index is 10.5. The van der Waals surface area contributed by atoms with Crippen LogP contribution in [0, 0.1) is 13.5 Å². The van der Waals surface area contributed by atoms with Crippen molar-refractivity contribution in [2.75, 3.05) is 0 Å². The van der Waals surface area contributed by atoms with E-state index in [1.165, 1.54) is 11.3 Å². The number of aromatic nitrogens is 1. The molecule has 4 heteroatoms. The van der Waals surface area contributed by atoms with Crippen LogP contribution in [0.4, 0.5) is 5.69 Å². The zero-order chi connectivity index (χ0) is 15.5. The molecule has 0 aliphatic carbocycles. The van der Waals surface area contributed by atoms with Gasteiger partial charge in [0.25, 0.3) is 0 Å². The van der Waals surface area contributed by atoms with Crippen molar-refractivity contribution in [3.05, 3.63) is 81.6 Å². The van der Waals surface area contributed by atoms with E-state index in [-0.39, 0.29) is 0 Å². The first kappa shape index (κ1) is 14.5. The first-order valence-corrected chi connectivity index (χ1v) is 7.72. The third-order valence-electron chi connectivity index (χ3n) is 3.61. The highest BCUT2D eigenvalue weighted by Gasteiger charge is 2.15. The summed E-state index contributed by atoms with van der Waals surface area (Å²) in [5.41, 5.74) is 6.05. The Hall–Kier alpha value is -2.48. The minimum absolute atomic E-state index is 0.592. The van der Waals surface area contributed by atoms with Gasteiger partial charge in [-0.15, -0.1) is 11.3 Å². The molecule has 1 N–H and O–H groups in total. The lowest BCUT2D eigenvalue weighted by molar-refractivity contribution is 0.224. The van der Waals surface area contributed by atoms with Crippen LogP contribution in [-0.2, 0) is 0 Å². The molecule has 0 saturated carbocycles. The average molecular weight is 306 g/mol. The lowest BCUT2D eigenvalue weighted by Gasteiger charge is -2.13. The molecule has 0 radical (unpaired) electrons. The van der Waals surface area contributed by atoms with Gasteiger partial charge in [-0.05, 0) is 29.2 Å². The van der Waals surface area contributed by atoms with E-state index in [0.29, 0.717) is 5.69 Å². The van der Waals surface area contributed by atoms with Crippen molar-refractivity contribution in [3.8, 4) is 11.1 Å². The molecule has 1 heterocycles. The Labute approximate surface area is 133 Å². The molecule has 0 fully saturated rings. The maximum atomic E-state index is 10.5. The van der Waals surface area contributed by atoms with Gasteiger partial charge in [-0.1, -0.05) is 42.5 Å². The summed E-state index contributed by atoms with van der Waals surface area (Å²) in [6.45, 7) is 9.40. The summed E-state index contributed by atoms with van der Waals surface area (Å²) in [7, 11) is 0. The van der Waals surface area contributed by atoms with E-state index in [0.717, 1.165) is 27.1 Å². The molecule has 3 aromatic rings. The van der Waals surface area contributed by atoms with Crippen molar-refractivity contribution in [2.24, 2.45) is 0 Å². The second kappa shape index (κ2) is 6.10. The molecule has 108 valence electrons. The van der Waals surface area contributed by atoms with Crippen LogP contribution in [-0.4, -0.2) is 10.1 Å². The molecule has 0 bridgehead atoms. The Kier molecular flexibility index (Phi) is 4.01. The van der Waals surface area contributed by atoms with E-state index in [4.69, 9.17) is 6.57 Å². The fourth-order valence-electron chi connectivity index (χ4n) is 2.44. The predicted octanol–water partition coefficient (Wildman–Crippen LogP) is 4.75. The third kappa shape index (κ3) is 2.64. The largest absolute Gasteiger partial charge is 0.383 e. The van der Waals surface area contributed by atoms with Crippen LogP contribution in [0.5, 0.6) is 0 Å². The molecule has 3 rings (SSSR count). The topological polar surface area (TPSA) is 37.5 Å². The van der Waals surface area contributed by atoms with Gasteiger partial charge < -0.3 is 5.11 Å². The van der Waals surface area contributed by atoms with Crippen LogP contribution in [0.3, 0.4) is 0 Å². The van der Waals surface area contributed by atoms with Gasteiger partial charge in [-0.3, -0.25) is 4.98 Å². The number of aliphatic hydroxyl groups excluding tert-OH is 1. The van der Waals surface area contributed by atoms with Crippen molar-refractivity contribution in [3.63, 3.8) is 0 Å². The normalized spacial score (nSPS) is 11.9. The standard InChI is InChI=1S/C18H14N2OS/c1-12-5-3-4-6-14(12)15-9-13(7-8-16(15)19-2)18(21)17-10-20-11-22-17/h3-11,18,21H,1H3. The third-order valence-corrected chi connectivity index (χ3v) is 4.44. The van der Waals surface area contributed by atoms with Crippen LogP contribution in [0.2, 0.25) is 0 Å². The first-order valence-electron chi connectivity index (χ1n) is 6.84. The molecule has 0 spiro atoms. The summed E-state index contributed by atoms with van der Waals surface area (Å²) in [5, 5.41) is 10.5. The highest BCUT2D eigenvalue weighted by Crippen LogP contribution is 2.36. The minimum atomic E-state index is -0.713. The smallest absolute Gasteiger partial charge is 0.194 e. The molecule has 1 aromatic heterocycles. The monoisotopic (exact) mass is 306 g/mol. The van der Waals surface area contributed by atoms with Crippen molar-refractivity contribution in [2.45, 2.75) is 13.0 Å². The second-order valence-corrected chi connectivity index (χ2v) is 5.93. The zero-order valence-electron chi connectivity index (χ0n) is 12.0. The van der Waals surface area contributed by atoms with Gasteiger partial charge in [0.1, 0.15) is 6.10 Å². The molecule has 0 amide bonds. The van der Waals surface area contributed by atoms with Crippen LogP contribution in [0.1, 0.15) is 22.1 Å². The summed E-state index contributed by atoms with van der Waals surface area (Å²) in [5.74, 6) is 0. The molecule has 0 saturated heterocycles. The van der Waals surface area contributed by atoms with E-state index in [1.54, 1.807) is 23.8 Å². The molecular weight excluding hydrogens is 292 g/mol. The number of aliphatic hydroxyl groups is 1. The molecule has 2 aromatic carbocycles. The summed E-state index contributed by atoms with van der Waals surface area (Å²) in [4.78, 5) is 8.41. The molecule has 1 unspecified atom stereocenters. The Morgan fingerprint density at radius 2 is 2.00 bits per heavy atom. The van der Waals surface area contributed by atoms with Gasteiger partial charge in [-0.25, -0.2) is 4.85 Å². The molecule has 22 heavy (non-hydrogen) atoms. The summed E-state index contributed by atoms with van der Waals surface area (Å²) >= 11 is 1.42. The summed E-state index contributed by atoms with van der Waals surface area (Å²) in [6, 6.07) is 13.4. The minimum Gasteiger partial charge on any atom is -0.383 e. The number of aryl methyl sites for hydroxylation is 1. The van der Waals surface area contributed by atoms with Crippen LogP contribution >= 0.6 is 11.3 Å². The van der Waals surface area contributed by atoms with E-state index in [1.807, 2.05) is 37.3 Å². The van der Waals surface area contributed by atoms with Gasteiger partial charge in [0, 0.05) is 6.20 Å². The van der Waals surface area contributed by atoms with E-state index in [9.17, 15) is 5.11 Å². The number of thiazole rings is 1. The predicted molar refractivity (Wildman–Crippen MR) is 89.1 cm³/mol. The van der Waals surface area contributed by atoms with Gasteiger partial charge in [-0.2, -0.15) is 0 Å². The van der Waals surface area contributed by atoms with E-state index in [2.05, 4.69) is 9.83 Å². The van der Waals surface area contributed by atoms with Crippen molar-refractivity contribution < 1.29 is 5.11 Å². The van der Waals surface area contributed by atoms with Crippen LogP contribution in [0.15, 0.2) is 54.2 Å². The van der Waals surface area contributed by atoms with Gasteiger partial charge in [0.15, 0.2) is 5.69 Å². The molecular formula is C18H14N2OS. The maximum Gasteiger partial charge on any atom is 0.194 e. The molecule has 0 aliphatic rings. The van der Waals surface area contributed by atoms with Gasteiger partial charge in [0.05, 0.1) is 17.0 Å². The van der Waals surface area contributed by atoms with Crippen LogP contribution < -0.4 is 0 Å². The number of hydrogen-bond acceptors (Lipinski definition) is 3. The fraction of sp³-hybridized carbons (Fsp3) is 0.111. The number of benzene rings is 2. The lowest BCUT2D eigenvalue weighted by atomic mass is 9.95. The first-order chi connectivity index (χ1) is 10.7. The van der Waals surface area contributed by atoms with E-state index < -0.39 is 6.10 Å². The Morgan fingerprint density at radius 3 is 2.68 bits per heavy atom.